The lowest BCUT2D eigenvalue weighted by molar-refractivity contribution is -0.134. The Morgan fingerprint density at radius 2 is 1.94 bits per heavy atom. The Morgan fingerprint density at radius 3 is 2.35 bits per heavy atom. The summed E-state index contributed by atoms with van der Waals surface area (Å²) in [6.45, 7) is 8.61. The van der Waals surface area contributed by atoms with Crippen molar-refractivity contribution in [3.63, 3.8) is 0 Å². The molecule has 1 atom stereocenters. The first-order valence-electron chi connectivity index (χ1n) is 6.25. The van der Waals surface area contributed by atoms with Crippen LogP contribution in [0.2, 0.25) is 0 Å². The number of nitrogens with one attached hydrogen (secondary N) is 1. The van der Waals surface area contributed by atoms with E-state index in [1.165, 1.54) is 0 Å². The van der Waals surface area contributed by atoms with Crippen molar-refractivity contribution in [3.05, 3.63) is 12.4 Å². The molecule has 0 radical (unpaired) electrons. The summed E-state index contributed by atoms with van der Waals surface area (Å²) >= 11 is 0. The van der Waals surface area contributed by atoms with Crippen LogP contribution in [0.3, 0.4) is 0 Å². The van der Waals surface area contributed by atoms with Gasteiger partial charge in [0.15, 0.2) is 0 Å². The molecule has 0 saturated carbocycles. The van der Waals surface area contributed by atoms with Crippen LogP contribution in [0, 0.1) is 11.8 Å². The lowest BCUT2D eigenvalue weighted by Crippen LogP contribution is -2.32. The molecule has 0 spiro atoms. The van der Waals surface area contributed by atoms with E-state index < -0.39 is 0 Å². The van der Waals surface area contributed by atoms with E-state index in [4.69, 9.17) is 5.73 Å². The van der Waals surface area contributed by atoms with Gasteiger partial charge in [0.1, 0.15) is 0 Å². The number of nitrogens with two attached hydrogens (primary N) is 1. The van der Waals surface area contributed by atoms with E-state index in [2.05, 4.69) is 25.7 Å². The summed E-state index contributed by atoms with van der Waals surface area (Å²) in [6, 6.07) is 0. The van der Waals surface area contributed by atoms with E-state index >= 15 is 0 Å². The summed E-state index contributed by atoms with van der Waals surface area (Å²) < 4.78 is 0. The third kappa shape index (κ3) is 6.87. The van der Waals surface area contributed by atoms with E-state index in [1.54, 1.807) is 4.90 Å². The van der Waals surface area contributed by atoms with Crippen LogP contribution in [0.5, 0.6) is 0 Å². The monoisotopic (exact) mass is 241 g/mol. The third-order valence-electron chi connectivity index (χ3n) is 2.86. The number of carbonyl (C=O) groups is 1. The van der Waals surface area contributed by atoms with Gasteiger partial charge in [-0.15, -0.1) is 0 Å². The van der Waals surface area contributed by atoms with Crippen molar-refractivity contribution in [2.45, 2.75) is 33.1 Å². The maximum Gasteiger partial charge on any atom is 0.225 e. The van der Waals surface area contributed by atoms with Gasteiger partial charge in [-0.1, -0.05) is 26.8 Å². The molecule has 3 N–H and O–H groups in total. The smallest absolute Gasteiger partial charge is 0.225 e. The summed E-state index contributed by atoms with van der Waals surface area (Å²) in [5.74, 6) is 1.26. The van der Waals surface area contributed by atoms with E-state index in [-0.39, 0.29) is 11.8 Å². The second-order valence-electron chi connectivity index (χ2n) is 5.03. The topological polar surface area (TPSA) is 58.4 Å². The Kier molecular flexibility index (Phi) is 7.42. The number of hydrogen-bond acceptors (Lipinski definition) is 3. The van der Waals surface area contributed by atoms with Crippen LogP contribution in [0.1, 0.15) is 33.1 Å². The van der Waals surface area contributed by atoms with Crippen molar-refractivity contribution in [3.8, 4) is 0 Å². The molecule has 0 fully saturated rings. The van der Waals surface area contributed by atoms with Gasteiger partial charge in [0, 0.05) is 26.6 Å². The highest BCUT2D eigenvalue weighted by Crippen LogP contribution is 2.19. The number of amides is 1. The van der Waals surface area contributed by atoms with Crippen LogP contribution in [0.25, 0.3) is 0 Å². The fourth-order valence-electron chi connectivity index (χ4n) is 1.81. The third-order valence-corrected chi connectivity index (χ3v) is 2.86. The second kappa shape index (κ2) is 7.98. The summed E-state index contributed by atoms with van der Waals surface area (Å²) in [4.78, 5) is 13.6. The van der Waals surface area contributed by atoms with Crippen molar-refractivity contribution in [2.75, 3.05) is 20.6 Å². The van der Waals surface area contributed by atoms with Crippen molar-refractivity contribution < 1.29 is 4.79 Å². The highest BCUT2D eigenvalue weighted by atomic mass is 16.2. The van der Waals surface area contributed by atoms with Gasteiger partial charge in [0.25, 0.3) is 0 Å². The van der Waals surface area contributed by atoms with Gasteiger partial charge in [-0.25, -0.2) is 0 Å². The largest absolute Gasteiger partial charge is 0.386 e. The fourth-order valence-corrected chi connectivity index (χ4v) is 1.81. The zero-order valence-electron chi connectivity index (χ0n) is 11.6. The van der Waals surface area contributed by atoms with Gasteiger partial charge >= 0.3 is 0 Å². The molecule has 0 rings (SSSR count). The summed E-state index contributed by atoms with van der Waals surface area (Å²) in [6.07, 6.45) is 2.98. The maximum absolute atomic E-state index is 11.9. The Bertz CT molecular complexity index is 249. The van der Waals surface area contributed by atoms with Crippen LogP contribution < -0.4 is 11.1 Å². The van der Waals surface area contributed by atoms with Gasteiger partial charge in [-0.3, -0.25) is 4.79 Å². The molecule has 0 aliphatic carbocycles. The molecule has 4 nitrogen and oxygen atoms in total. The van der Waals surface area contributed by atoms with E-state index in [0.29, 0.717) is 11.7 Å². The highest BCUT2D eigenvalue weighted by molar-refractivity contribution is 5.78. The fraction of sp³-hybridized carbons (Fsp3) is 0.769. The molecule has 0 bridgehead atoms. The van der Waals surface area contributed by atoms with Gasteiger partial charge in [0.2, 0.25) is 5.91 Å². The van der Waals surface area contributed by atoms with Crippen molar-refractivity contribution >= 4 is 5.91 Å². The summed E-state index contributed by atoms with van der Waals surface area (Å²) in [5.41, 5.74) is 5.40. The predicted molar refractivity (Wildman–Crippen MR) is 72.2 cm³/mol. The zero-order valence-corrected chi connectivity index (χ0v) is 11.6. The molecule has 0 heterocycles. The molecule has 0 aromatic carbocycles. The van der Waals surface area contributed by atoms with Crippen molar-refractivity contribution in [1.82, 2.24) is 10.2 Å². The number of hydrogen-bond donors (Lipinski definition) is 2. The molecule has 100 valence electrons. The molecular weight excluding hydrogens is 214 g/mol. The number of rotatable bonds is 8. The lowest BCUT2D eigenvalue weighted by atomic mass is 9.89. The Labute approximate surface area is 105 Å². The minimum atomic E-state index is 0.131. The summed E-state index contributed by atoms with van der Waals surface area (Å²) in [5, 5.41) is 2.99. The van der Waals surface area contributed by atoms with E-state index in [1.807, 2.05) is 14.1 Å². The highest BCUT2D eigenvalue weighted by Gasteiger charge is 2.22. The lowest BCUT2D eigenvalue weighted by Gasteiger charge is -2.23. The molecule has 1 amide bonds. The second-order valence-corrected chi connectivity index (χ2v) is 5.03. The van der Waals surface area contributed by atoms with Gasteiger partial charge < -0.3 is 16.0 Å². The Hall–Kier alpha value is -1.19. The molecule has 0 aromatic rings. The average Bonchev–Trinajstić information content (AvgIpc) is 2.21. The number of unbranched alkanes of at least 4 members (excludes halogenated alkanes) is 1. The Morgan fingerprint density at radius 1 is 1.35 bits per heavy atom. The molecule has 0 aliphatic rings. The van der Waals surface area contributed by atoms with Gasteiger partial charge in [0.05, 0.1) is 5.82 Å². The molecular formula is C13H27N3O. The van der Waals surface area contributed by atoms with Crippen LogP contribution in [-0.4, -0.2) is 31.4 Å². The van der Waals surface area contributed by atoms with Crippen molar-refractivity contribution in [1.29, 1.82) is 0 Å². The normalized spacial score (nSPS) is 12.3. The minimum Gasteiger partial charge on any atom is -0.386 e. The van der Waals surface area contributed by atoms with Gasteiger partial charge in [-0.2, -0.15) is 0 Å². The molecule has 0 aliphatic heterocycles. The molecule has 0 aromatic heterocycles. The first-order valence-corrected chi connectivity index (χ1v) is 6.25. The maximum atomic E-state index is 11.9. The van der Waals surface area contributed by atoms with Gasteiger partial charge in [-0.05, 0) is 18.8 Å². The molecule has 1 unspecified atom stereocenters. The van der Waals surface area contributed by atoms with Crippen LogP contribution in [0.4, 0.5) is 0 Å². The van der Waals surface area contributed by atoms with Crippen LogP contribution in [0.15, 0.2) is 12.4 Å². The van der Waals surface area contributed by atoms with E-state index in [9.17, 15) is 4.79 Å². The SMILES string of the molecule is C=C(N)NCCCCC(C(=O)N(C)C)C(C)C. The minimum absolute atomic E-state index is 0.131. The van der Waals surface area contributed by atoms with E-state index in [0.717, 1.165) is 25.8 Å². The molecule has 4 heteroatoms. The molecule has 17 heavy (non-hydrogen) atoms. The number of nitrogens with zero attached hydrogens (tertiary/aromatic N) is 1. The first kappa shape index (κ1) is 15.8. The quantitative estimate of drug-likeness (QED) is 0.634. The van der Waals surface area contributed by atoms with Crippen LogP contribution in [-0.2, 0) is 4.79 Å². The summed E-state index contributed by atoms with van der Waals surface area (Å²) in [7, 11) is 3.63. The standard InChI is InChI=1S/C13H27N3O/c1-10(2)12(13(17)16(4)5)8-6-7-9-15-11(3)14/h10,12,15H,3,6-9,14H2,1-2,4-5H3. The average molecular weight is 241 g/mol. The zero-order chi connectivity index (χ0) is 13.4. The number of carbonyl (C=O) groups excluding carboxylic acids is 1. The first-order chi connectivity index (χ1) is 7.86. The van der Waals surface area contributed by atoms with Crippen molar-refractivity contribution in [2.24, 2.45) is 17.6 Å². The predicted octanol–water partition coefficient (Wildman–Crippen LogP) is 1.54. The van der Waals surface area contributed by atoms with Crippen LogP contribution >= 0.6 is 0 Å². The Balaban J connectivity index is 3.94. The molecule has 0 saturated heterocycles.